The lowest BCUT2D eigenvalue weighted by Gasteiger charge is -2.11. The summed E-state index contributed by atoms with van der Waals surface area (Å²) < 4.78 is 1.18. The molecule has 2 rings (SSSR count). The van der Waals surface area contributed by atoms with E-state index in [2.05, 4.69) is 5.32 Å². The Kier molecular flexibility index (Phi) is 4.77. The highest BCUT2D eigenvalue weighted by Gasteiger charge is 2.12. The van der Waals surface area contributed by atoms with Crippen LogP contribution in [-0.2, 0) is 11.3 Å². The van der Waals surface area contributed by atoms with Crippen molar-refractivity contribution in [1.29, 1.82) is 0 Å². The van der Waals surface area contributed by atoms with Gasteiger partial charge in [-0.2, -0.15) is 0 Å². The summed E-state index contributed by atoms with van der Waals surface area (Å²) in [6, 6.07) is 5.66. The van der Waals surface area contributed by atoms with Crippen LogP contribution in [-0.4, -0.2) is 10.5 Å². The molecule has 8 heteroatoms. The third kappa shape index (κ3) is 3.91. The molecule has 5 nitrogen and oxygen atoms in total. The Morgan fingerprint density at radius 1 is 1.19 bits per heavy atom. The fourth-order valence-electron chi connectivity index (χ4n) is 1.67. The topological polar surface area (TPSA) is 77.1 Å². The van der Waals surface area contributed by atoms with Crippen molar-refractivity contribution in [1.82, 2.24) is 4.57 Å². The van der Waals surface area contributed by atoms with Crippen molar-refractivity contribution in [2.24, 2.45) is 0 Å². The molecule has 0 aliphatic rings. The number of hydrogen-bond acceptors (Lipinski definition) is 3. The molecule has 21 heavy (non-hydrogen) atoms. The SMILES string of the molecule is Nc1ccc(=O)n(CC(=O)Nc2c(Cl)cc(Cl)cc2Cl)c1. The normalized spacial score (nSPS) is 10.4. The average molecular weight is 347 g/mol. The zero-order chi connectivity index (χ0) is 15.6. The molecule has 1 aromatic heterocycles. The highest BCUT2D eigenvalue weighted by atomic mass is 35.5. The van der Waals surface area contributed by atoms with E-state index in [1.807, 2.05) is 0 Å². The molecule has 0 saturated carbocycles. The van der Waals surface area contributed by atoms with Crippen LogP contribution in [0.4, 0.5) is 11.4 Å². The summed E-state index contributed by atoms with van der Waals surface area (Å²) >= 11 is 17.7. The fraction of sp³-hybridized carbons (Fsp3) is 0.0769. The van der Waals surface area contributed by atoms with Gasteiger partial charge in [-0.05, 0) is 18.2 Å². The Morgan fingerprint density at radius 2 is 1.81 bits per heavy atom. The second kappa shape index (κ2) is 6.39. The summed E-state index contributed by atoms with van der Waals surface area (Å²) in [6.45, 7) is -0.209. The molecule has 0 spiro atoms. The number of carbonyl (C=O) groups is 1. The van der Waals surface area contributed by atoms with E-state index in [1.165, 1.54) is 35.0 Å². The first-order chi connectivity index (χ1) is 9.86. The zero-order valence-electron chi connectivity index (χ0n) is 10.6. The van der Waals surface area contributed by atoms with Gasteiger partial charge in [0.2, 0.25) is 5.91 Å². The molecule has 1 amide bonds. The van der Waals surface area contributed by atoms with Crippen LogP contribution in [0.2, 0.25) is 15.1 Å². The second-order valence-electron chi connectivity index (χ2n) is 4.22. The number of anilines is 2. The summed E-state index contributed by atoms with van der Waals surface area (Å²) in [4.78, 5) is 23.6. The van der Waals surface area contributed by atoms with Crippen LogP contribution in [0.5, 0.6) is 0 Å². The number of benzene rings is 1. The van der Waals surface area contributed by atoms with Crippen molar-refractivity contribution in [2.45, 2.75) is 6.54 Å². The highest BCUT2D eigenvalue weighted by molar-refractivity contribution is 6.42. The quantitative estimate of drug-likeness (QED) is 0.897. The minimum Gasteiger partial charge on any atom is -0.398 e. The van der Waals surface area contributed by atoms with E-state index in [1.54, 1.807) is 0 Å². The summed E-state index contributed by atoms with van der Waals surface area (Å²) in [5.74, 6) is -0.464. The molecule has 1 aromatic carbocycles. The third-order valence-electron chi connectivity index (χ3n) is 2.59. The van der Waals surface area contributed by atoms with Crippen LogP contribution in [0.25, 0.3) is 0 Å². The van der Waals surface area contributed by atoms with E-state index >= 15 is 0 Å². The number of rotatable bonds is 3. The third-order valence-corrected chi connectivity index (χ3v) is 3.41. The molecule has 0 saturated heterocycles. The van der Waals surface area contributed by atoms with E-state index in [0.29, 0.717) is 10.7 Å². The van der Waals surface area contributed by atoms with Gasteiger partial charge in [0.1, 0.15) is 6.54 Å². The van der Waals surface area contributed by atoms with Crippen LogP contribution >= 0.6 is 34.8 Å². The van der Waals surface area contributed by atoms with Gasteiger partial charge in [-0.3, -0.25) is 9.59 Å². The predicted octanol–water partition coefficient (Wildman–Crippen LogP) is 3.03. The van der Waals surface area contributed by atoms with Gasteiger partial charge in [-0.1, -0.05) is 34.8 Å². The molecular weight excluding hydrogens is 337 g/mol. The van der Waals surface area contributed by atoms with Crippen molar-refractivity contribution < 1.29 is 4.79 Å². The fourth-order valence-corrected chi connectivity index (χ4v) is 2.58. The van der Waals surface area contributed by atoms with Gasteiger partial charge >= 0.3 is 0 Å². The maximum Gasteiger partial charge on any atom is 0.251 e. The van der Waals surface area contributed by atoms with Gasteiger partial charge in [0.15, 0.2) is 0 Å². The number of hydrogen-bond donors (Lipinski definition) is 2. The molecule has 0 radical (unpaired) electrons. The zero-order valence-corrected chi connectivity index (χ0v) is 12.8. The van der Waals surface area contributed by atoms with E-state index in [0.717, 1.165) is 0 Å². The Labute approximate surface area is 135 Å². The van der Waals surface area contributed by atoms with Crippen LogP contribution in [0, 0.1) is 0 Å². The molecule has 110 valence electrons. The second-order valence-corrected chi connectivity index (χ2v) is 5.47. The largest absolute Gasteiger partial charge is 0.398 e. The predicted molar refractivity (Wildman–Crippen MR) is 85.2 cm³/mol. The molecule has 0 fully saturated rings. The first kappa shape index (κ1) is 15.7. The highest BCUT2D eigenvalue weighted by Crippen LogP contribution is 2.33. The number of nitrogen functional groups attached to an aromatic ring is 1. The number of pyridine rings is 1. The number of nitrogens with zero attached hydrogens (tertiary/aromatic N) is 1. The summed E-state index contributed by atoms with van der Waals surface area (Å²) in [6.07, 6.45) is 1.38. The molecule has 0 aliphatic carbocycles. The molecule has 1 heterocycles. The van der Waals surface area contributed by atoms with Gasteiger partial charge in [0.05, 0.1) is 15.7 Å². The molecule has 3 N–H and O–H groups in total. The summed E-state index contributed by atoms with van der Waals surface area (Å²) in [5, 5.41) is 3.31. The van der Waals surface area contributed by atoms with Crippen molar-refractivity contribution >= 4 is 52.1 Å². The summed E-state index contributed by atoms with van der Waals surface area (Å²) in [5.41, 5.74) is 5.85. The van der Waals surface area contributed by atoms with E-state index in [4.69, 9.17) is 40.5 Å². The maximum atomic E-state index is 12.0. The average Bonchev–Trinajstić information content (AvgIpc) is 2.38. The maximum absolute atomic E-state index is 12.0. The van der Waals surface area contributed by atoms with Gasteiger partial charge < -0.3 is 15.6 Å². The van der Waals surface area contributed by atoms with Crippen molar-refractivity contribution in [3.63, 3.8) is 0 Å². The number of nitrogens with two attached hydrogens (primary N) is 1. The number of amides is 1. The van der Waals surface area contributed by atoms with Crippen molar-refractivity contribution in [2.75, 3.05) is 11.1 Å². The van der Waals surface area contributed by atoms with Gasteiger partial charge in [-0.25, -0.2) is 0 Å². The summed E-state index contributed by atoms with van der Waals surface area (Å²) in [7, 11) is 0. The molecule has 0 aliphatic heterocycles. The Bertz CT molecular complexity index is 736. The lowest BCUT2D eigenvalue weighted by molar-refractivity contribution is -0.116. The van der Waals surface area contributed by atoms with Gasteiger partial charge in [-0.15, -0.1) is 0 Å². The standard InChI is InChI=1S/C13H10Cl3N3O2/c14-7-3-9(15)13(10(16)4-7)18-11(20)6-19-5-8(17)1-2-12(19)21/h1-5H,6,17H2,(H,18,20). The van der Waals surface area contributed by atoms with Crippen molar-refractivity contribution in [3.05, 3.63) is 55.9 Å². The van der Waals surface area contributed by atoms with Crippen LogP contribution in [0.1, 0.15) is 0 Å². The Hall–Kier alpha value is -1.69. The lowest BCUT2D eigenvalue weighted by atomic mass is 10.3. The number of carbonyl (C=O) groups excluding carboxylic acids is 1. The van der Waals surface area contributed by atoms with Crippen LogP contribution in [0.15, 0.2) is 35.3 Å². The van der Waals surface area contributed by atoms with E-state index < -0.39 is 5.91 Å². The van der Waals surface area contributed by atoms with E-state index in [-0.39, 0.29) is 27.8 Å². The first-order valence-corrected chi connectivity index (χ1v) is 6.90. The van der Waals surface area contributed by atoms with Gasteiger partial charge in [0, 0.05) is 23.0 Å². The Morgan fingerprint density at radius 3 is 2.43 bits per heavy atom. The molecular formula is C13H10Cl3N3O2. The minimum atomic E-state index is -0.464. The molecule has 0 unspecified atom stereocenters. The van der Waals surface area contributed by atoms with E-state index in [9.17, 15) is 9.59 Å². The number of nitrogens with one attached hydrogen (secondary N) is 1. The molecule has 2 aromatic rings. The smallest absolute Gasteiger partial charge is 0.251 e. The molecule has 0 bridgehead atoms. The Balaban J connectivity index is 2.19. The minimum absolute atomic E-state index is 0.209. The molecule has 0 atom stereocenters. The monoisotopic (exact) mass is 345 g/mol. The van der Waals surface area contributed by atoms with Crippen molar-refractivity contribution in [3.8, 4) is 0 Å². The first-order valence-electron chi connectivity index (χ1n) is 5.77. The van der Waals surface area contributed by atoms with Crippen LogP contribution < -0.4 is 16.6 Å². The lowest BCUT2D eigenvalue weighted by Crippen LogP contribution is -2.27. The van der Waals surface area contributed by atoms with Gasteiger partial charge in [0.25, 0.3) is 5.56 Å². The van der Waals surface area contributed by atoms with Crippen LogP contribution in [0.3, 0.4) is 0 Å². The number of halogens is 3. The number of aromatic nitrogens is 1.